The number of rotatable bonds is 5. The number of carbonyl (C=O) groups excluding carboxylic acids is 2. The van der Waals surface area contributed by atoms with Crippen molar-refractivity contribution in [3.8, 4) is 0 Å². The summed E-state index contributed by atoms with van der Waals surface area (Å²) in [4.78, 5) is 23.4. The van der Waals surface area contributed by atoms with E-state index in [4.69, 9.17) is 0 Å². The third-order valence-corrected chi connectivity index (χ3v) is 3.07. The molecule has 0 bridgehead atoms. The van der Waals surface area contributed by atoms with E-state index >= 15 is 0 Å². The molecule has 4 N–H and O–H groups in total. The van der Waals surface area contributed by atoms with Crippen molar-refractivity contribution in [3.63, 3.8) is 0 Å². The van der Waals surface area contributed by atoms with Crippen LogP contribution in [0.2, 0.25) is 0 Å². The van der Waals surface area contributed by atoms with Crippen molar-refractivity contribution < 1.29 is 9.59 Å². The predicted octanol–water partition coefficient (Wildman–Crippen LogP) is 0.535. The van der Waals surface area contributed by atoms with E-state index in [9.17, 15) is 9.59 Å². The number of anilines is 2. The Labute approximate surface area is 118 Å². The highest BCUT2D eigenvalue weighted by Gasteiger charge is 2.23. The van der Waals surface area contributed by atoms with Gasteiger partial charge in [0, 0.05) is 13.1 Å². The van der Waals surface area contributed by atoms with E-state index in [-0.39, 0.29) is 24.4 Å². The summed E-state index contributed by atoms with van der Waals surface area (Å²) >= 11 is 0. The lowest BCUT2D eigenvalue weighted by atomic mass is 10.1. The lowest BCUT2D eigenvalue weighted by molar-refractivity contribution is -0.126. The van der Waals surface area contributed by atoms with Gasteiger partial charge in [-0.15, -0.1) is 0 Å². The van der Waals surface area contributed by atoms with Gasteiger partial charge >= 0.3 is 0 Å². The quantitative estimate of drug-likeness (QED) is 0.632. The Morgan fingerprint density at radius 2 is 2.00 bits per heavy atom. The molecule has 2 amide bonds. The number of hydrogen-bond donors (Lipinski definition) is 4. The van der Waals surface area contributed by atoms with Crippen LogP contribution in [0.5, 0.6) is 0 Å². The van der Waals surface area contributed by atoms with Crippen LogP contribution in [0.4, 0.5) is 11.4 Å². The van der Waals surface area contributed by atoms with E-state index in [0.29, 0.717) is 13.1 Å². The molecule has 6 heteroatoms. The Kier molecular flexibility index (Phi) is 4.81. The van der Waals surface area contributed by atoms with E-state index in [1.165, 1.54) is 0 Å². The van der Waals surface area contributed by atoms with Crippen molar-refractivity contribution in [2.45, 2.75) is 19.4 Å². The van der Waals surface area contributed by atoms with Gasteiger partial charge in [-0.3, -0.25) is 9.59 Å². The maximum atomic E-state index is 12.0. The van der Waals surface area contributed by atoms with Gasteiger partial charge in [-0.2, -0.15) is 0 Å². The monoisotopic (exact) mass is 276 g/mol. The summed E-state index contributed by atoms with van der Waals surface area (Å²) < 4.78 is 0. The molecule has 1 aliphatic rings. The number of amides is 2. The van der Waals surface area contributed by atoms with Crippen LogP contribution >= 0.6 is 0 Å². The maximum absolute atomic E-state index is 12.0. The Balaban J connectivity index is 1.81. The van der Waals surface area contributed by atoms with Gasteiger partial charge in [-0.1, -0.05) is 19.1 Å². The lowest BCUT2D eigenvalue weighted by Gasteiger charge is -2.27. The van der Waals surface area contributed by atoms with E-state index in [1.807, 2.05) is 31.2 Å². The standard InChI is InChI=1S/C14H20N4O2/c1-2-7-15-13(19)9-17-14(20)12-8-16-10-5-3-4-6-11(10)18-12/h3-6,12,16,18H,2,7-9H2,1H3,(H,15,19)(H,17,20). The summed E-state index contributed by atoms with van der Waals surface area (Å²) in [7, 11) is 0. The van der Waals surface area contributed by atoms with Gasteiger partial charge in [0.2, 0.25) is 11.8 Å². The van der Waals surface area contributed by atoms with Crippen molar-refractivity contribution in [1.29, 1.82) is 0 Å². The van der Waals surface area contributed by atoms with E-state index in [2.05, 4.69) is 21.3 Å². The molecule has 0 fully saturated rings. The van der Waals surface area contributed by atoms with Crippen LogP contribution in [0.1, 0.15) is 13.3 Å². The smallest absolute Gasteiger partial charge is 0.244 e. The Morgan fingerprint density at radius 3 is 2.75 bits per heavy atom. The average molecular weight is 276 g/mol. The Morgan fingerprint density at radius 1 is 1.25 bits per heavy atom. The van der Waals surface area contributed by atoms with Crippen molar-refractivity contribution in [2.24, 2.45) is 0 Å². The Bertz CT molecular complexity index is 490. The molecule has 6 nitrogen and oxygen atoms in total. The molecule has 0 saturated heterocycles. The molecule has 1 aliphatic heterocycles. The molecule has 1 aromatic carbocycles. The molecule has 1 aromatic rings. The maximum Gasteiger partial charge on any atom is 0.244 e. The zero-order valence-corrected chi connectivity index (χ0v) is 11.5. The molecule has 0 saturated carbocycles. The van der Waals surface area contributed by atoms with Crippen LogP contribution in [0.25, 0.3) is 0 Å². The number of nitrogens with one attached hydrogen (secondary N) is 4. The highest BCUT2D eigenvalue weighted by atomic mass is 16.2. The van der Waals surface area contributed by atoms with E-state index in [0.717, 1.165) is 17.8 Å². The van der Waals surface area contributed by atoms with Crippen LogP contribution in [-0.4, -0.2) is 37.5 Å². The fraction of sp³-hybridized carbons (Fsp3) is 0.429. The average Bonchev–Trinajstić information content (AvgIpc) is 2.50. The van der Waals surface area contributed by atoms with Crippen molar-refractivity contribution in [2.75, 3.05) is 30.3 Å². The molecule has 0 radical (unpaired) electrons. The molecular formula is C14H20N4O2. The van der Waals surface area contributed by atoms with Crippen molar-refractivity contribution >= 4 is 23.2 Å². The summed E-state index contributed by atoms with van der Waals surface area (Å²) in [5, 5.41) is 11.7. The second kappa shape index (κ2) is 6.79. The molecule has 0 spiro atoms. The minimum Gasteiger partial charge on any atom is -0.381 e. The van der Waals surface area contributed by atoms with Gasteiger partial charge in [0.1, 0.15) is 6.04 Å². The third-order valence-electron chi connectivity index (χ3n) is 3.07. The van der Waals surface area contributed by atoms with Crippen LogP contribution in [0.3, 0.4) is 0 Å². The molecule has 108 valence electrons. The van der Waals surface area contributed by atoms with Gasteiger partial charge in [0.25, 0.3) is 0 Å². The number of para-hydroxylation sites is 2. The highest BCUT2D eigenvalue weighted by molar-refractivity contribution is 5.91. The second-order valence-electron chi connectivity index (χ2n) is 4.69. The van der Waals surface area contributed by atoms with Crippen molar-refractivity contribution in [3.05, 3.63) is 24.3 Å². The molecular weight excluding hydrogens is 256 g/mol. The summed E-state index contributed by atoms with van der Waals surface area (Å²) in [6, 6.07) is 7.34. The summed E-state index contributed by atoms with van der Waals surface area (Å²) in [6.07, 6.45) is 0.880. The molecule has 0 aromatic heterocycles. The van der Waals surface area contributed by atoms with E-state index < -0.39 is 0 Å². The summed E-state index contributed by atoms with van der Waals surface area (Å²) in [5.41, 5.74) is 1.88. The molecule has 0 aliphatic carbocycles. The predicted molar refractivity (Wildman–Crippen MR) is 78.7 cm³/mol. The summed E-state index contributed by atoms with van der Waals surface area (Å²) in [6.45, 7) is 3.12. The zero-order chi connectivity index (χ0) is 14.4. The fourth-order valence-electron chi connectivity index (χ4n) is 1.99. The first-order valence-corrected chi connectivity index (χ1v) is 6.84. The SMILES string of the molecule is CCCNC(=O)CNC(=O)C1CNc2ccccc2N1. The van der Waals surface area contributed by atoms with E-state index in [1.54, 1.807) is 0 Å². The third kappa shape index (κ3) is 3.63. The number of carbonyl (C=O) groups is 2. The molecule has 1 unspecified atom stereocenters. The van der Waals surface area contributed by atoms with Gasteiger partial charge < -0.3 is 21.3 Å². The van der Waals surface area contributed by atoms with Crippen molar-refractivity contribution in [1.82, 2.24) is 10.6 Å². The van der Waals surface area contributed by atoms with Crippen LogP contribution < -0.4 is 21.3 Å². The van der Waals surface area contributed by atoms with Gasteiger partial charge in [-0.25, -0.2) is 0 Å². The van der Waals surface area contributed by atoms with Crippen LogP contribution in [-0.2, 0) is 9.59 Å². The molecule has 2 rings (SSSR count). The fourth-order valence-corrected chi connectivity index (χ4v) is 1.99. The number of hydrogen-bond acceptors (Lipinski definition) is 4. The first kappa shape index (κ1) is 14.2. The minimum absolute atomic E-state index is 0.0126. The first-order chi connectivity index (χ1) is 9.70. The largest absolute Gasteiger partial charge is 0.381 e. The molecule has 20 heavy (non-hydrogen) atoms. The summed E-state index contributed by atoms with van der Waals surface area (Å²) in [5.74, 6) is -0.344. The number of fused-ring (bicyclic) bond motifs is 1. The highest BCUT2D eigenvalue weighted by Crippen LogP contribution is 2.24. The Hall–Kier alpha value is -2.24. The minimum atomic E-state index is -0.371. The zero-order valence-electron chi connectivity index (χ0n) is 11.5. The topological polar surface area (TPSA) is 82.3 Å². The van der Waals surface area contributed by atoms with Gasteiger partial charge in [-0.05, 0) is 18.6 Å². The molecule has 1 heterocycles. The van der Waals surface area contributed by atoms with Crippen LogP contribution in [0.15, 0.2) is 24.3 Å². The van der Waals surface area contributed by atoms with Gasteiger partial charge in [0.15, 0.2) is 0 Å². The van der Waals surface area contributed by atoms with Gasteiger partial charge in [0.05, 0.1) is 17.9 Å². The lowest BCUT2D eigenvalue weighted by Crippen LogP contribution is -2.48. The first-order valence-electron chi connectivity index (χ1n) is 6.84. The van der Waals surface area contributed by atoms with Crippen LogP contribution in [0, 0.1) is 0 Å². The number of benzene rings is 1. The molecule has 1 atom stereocenters. The normalized spacial score (nSPS) is 16.4. The second-order valence-corrected chi connectivity index (χ2v) is 4.69.